The summed E-state index contributed by atoms with van der Waals surface area (Å²) in [6, 6.07) is 3.64. The largest absolute Gasteiger partial charge is 0.490 e. The number of ether oxygens (including phenoxy) is 2. The molecule has 0 radical (unpaired) electrons. The first-order chi connectivity index (χ1) is 11.8. The van der Waals surface area contributed by atoms with E-state index in [0.29, 0.717) is 6.54 Å². The minimum absolute atomic E-state index is 0.0109. The average molecular weight is 353 g/mol. The van der Waals surface area contributed by atoms with Crippen molar-refractivity contribution in [3.8, 4) is 5.75 Å². The van der Waals surface area contributed by atoms with Crippen LogP contribution in [0.1, 0.15) is 24.2 Å². The molecule has 0 bridgehead atoms. The summed E-state index contributed by atoms with van der Waals surface area (Å²) in [5.41, 5.74) is -0.389. The summed E-state index contributed by atoms with van der Waals surface area (Å²) < 4.78 is 9.70. The van der Waals surface area contributed by atoms with Crippen LogP contribution in [-0.4, -0.2) is 49.0 Å². The number of nitrogens with zero attached hydrogens (tertiary/aromatic N) is 1. The number of amides is 2. The third-order valence-corrected chi connectivity index (χ3v) is 3.06. The maximum absolute atomic E-state index is 12.0. The van der Waals surface area contributed by atoms with E-state index in [1.54, 1.807) is 6.92 Å². The molecular formula is C15H19N3O7. The molecule has 25 heavy (non-hydrogen) atoms. The zero-order valence-electron chi connectivity index (χ0n) is 14.0. The molecule has 1 aromatic rings. The van der Waals surface area contributed by atoms with Crippen LogP contribution in [0.5, 0.6) is 5.75 Å². The number of hydrogen-bond donors (Lipinski definition) is 2. The molecule has 0 aliphatic carbocycles. The molecule has 1 aromatic carbocycles. The highest BCUT2D eigenvalue weighted by molar-refractivity contribution is 5.97. The van der Waals surface area contributed by atoms with Crippen molar-refractivity contribution in [2.75, 3.05) is 20.2 Å². The van der Waals surface area contributed by atoms with Crippen molar-refractivity contribution < 1.29 is 28.8 Å². The van der Waals surface area contributed by atoms with E-state index in [2.05, 4.69) is 10.6 Å². The number of methoxy groups -OCH3 is 1. The van der Waals surface area contributed by atoms with Gasteiger partial charge in [0.2, 0.25) is 0 Å². The Morgan fingerprint density at radius 2 is 1.96 bits per heavy atom. The average Bonchev–Trinajstić information content (AvgIpc) is 2.59. The van der Waals surface area contributed by atoms with Crippen molar-refractivity contribution in [1.29, 1.82) is 0 Å². The van der Waals surface area contributed by atoms with Gasteiger partial charge in [0.15, 0.2) is 11.9 Å². The maximum atomic E-state index is 12.0. The summed E-state index contributed by atoms with van der Waals surface area (Å²) in [5.74, 6) is -1.95. The quantitative estimate of drug-likeness (QED) is 0.392. The molecule has 0 aliphatic heterocycles. The number of nitro groups is 1. The molecule has 0 aliphatic rings. The van der Waals surface area contributed by atoms with Gasteiger partial charge in [-0.25, -0.2) is 0 Å². The number of rotatable bonds is 8. The number of carbonyl (C=O) groups is 3. The second-order valence-corrected chi connectivity index (χ2v) is 4.85. The van der Waals surface area contributed by atoms with Crippen LogP contribution in [0, 0.1) is 10.1 Å². The van der Waals surface area contributed by atoms with E-state index >= 15 is 0 Å². The second-order valence-electron chi connectivity index (χ2n) is 4.85. The highest BCUT2D eigenvalue weighted by Gasteiger charge is 2.20. The minimum atomic E-state index is -0.994. The number of benzene rings is 1. The van der Waals surface area contributed by atoms with Crippen molar-refractivity contribution in [2.24, 2.45) is 0 Å². The van der Waals surface area contributed by atoms with Crippen LogP contribution in [-0.2, 0) is 14.3 Å². The zero-order valence-corrected chi connectivity index (χ0v) is 14.0. The van der Waals surface area contributed by atoms with Crippen molar-refractivity contribution in [3.05, 3.63) is 33.9 Å². The molecule has 10 heteroatoms. The van der Waals surface area contributed by atoms with Crippen molar-refractivity contribution >= 4 is 23.5 Å². The molecule has 2 amide bonds. The van der Waals surface area contributed by atoms with E-state index in [9.17, 15) is 24.5 Å². The molecule has 10 nitrogen and oxygen atoms in total. The fourth-order valence-electron chi connectivity index (χ4n) is 1.84. The molecule has 0 heterocycles. The summed E-state index contributed by atoms with van der Waals surface area (Å²) in [6.45, 7) is 3.04. The predicted molar refractivity (Wildman–Crippen MR) is 86.2 cm³/mol. The molecule has 0 aromatic heterocycles. The second kappa shape index (κ2) is 9.21. The van der Waals surface area contributed by atoms with Gasteiger partial charge in [0.1, 0.15) is 6.54 Å². The first kappa shape index (κ1) is 19.9. The van der Waals surface area contributed by atoms with Crippen LogP contribution < -0.4 is 15.4 Å². The summed E-state index contributed by atoms with van der Waals surface area (Å²) in [6.07, 6.45) is -0.994. The Labute approximate surface area is 143 Å². The Hall–Kier alpha value is -3.17. The van der Waals surface area contributed by atoms with E-state index in [4.69, 9.17) is 9.47 Å². The van der Waals surface area contributed by atoms with Gasteiger partial charge in [-0.3, -0.25) is 24.5 Å². The fourth-order valence-corrected chi connectivity index (χ4v) is 1.84. The van der Waals surface area contributed by atoms with Crippen molar-refractivity contribution in [3.63, 3.8) is 0 Å². The van der Waals surface area contributed by atoms with Crippen LogP contribution in [0.2, 0.25) is 0 Å². The molecule has 0 saturated carbocycles. The zero-order chi connectivity index (χ0) is 19.0. The lowest BCUT2D eigenvalue weighted by molar-refractivity contribution is -0.385. The third-order valence-electron chi connectivity index (χ3n) is 3.06. The van der Waals surface area contributed by atoms with Gasteiger partial charge in [-0.1, -0.05) is 0 Å². The number of likely N-dealkylation sites (N-methyl/N-ethyl adjacent to an activating group) is 1. The molecule has 0 saturated heterocycles. The summed E-state index contributed by atoms with van der Waals surface area (Å²) in [4.78, 5) is 45.3. The highest BCUT2D eigenvalue weighted by Crippen LogP contribution is 2.27. The van der Waals surface area contributed by atoms with Crippen LogP contribution in [0.4, 0.5) is 5.69 Å². The van der Waals surface area contributed by atoms with Crippen LogP contribution in [0.25, 0.3) is 0 Å². The molecular weight excluding hydrogens is 334 g/mol. The Kier molecular flexibility index (Phi) is 7.32. The van der Waals surface area contributed by atoms with Crippen LogP contribution >= 0.6 is 0 Å². The highest BCUT2D eigenvalue weighted by atomic mass is 16.6. The first-order valence-electron chi connectivity index (χ1n) is 7.38. The maximum Gasteiger partial charge on any atom is 0.326 e. The van der Waals surface area contributed by atoms with Crippen molar-refractivity contribution in [2.45, 2.75) is 20.0 Å². The number of nitro benzene ring substituents is 1. The molecule has 0 fully saturated rings. The van der Waals surface area contributed by atoms with Gasteiger partial charge >= 0.3 is 11.7 Å². The van der Waals surface area contributed by atoms with Crippen molar-refractivity contribution in [1.82, 2.24) is 10.6 Å². The van der Waals surface area contributed by atoms with E-state index in [1.165, 1.54) is 26.2 Å². The van der Waals surface area contributed by atoms with Gasteiger partial charge in [-0.05, 0) is 26.0 Å². The van der Waals surface area contributed by atoms with Gasteiger partial charge in [-0.15, -0.1) is 0 Å². The monoisotopic (exact) mass is 353 g/mol. The molecule has 1 rings (SSSR count). The summed E-state index contributed by atoms with van der Waals surface area (Å²) in [7, 11) is 1.27. The van der Waals surface area contributed by atoms with E-state index in [-0.39, 0.29) is 17.0 Å². The molecule has 2 N–H and O–H groups in total. The standard InChI is InChI=1S/C15H19N3O7/c1-4-16-14(20)9(2)25-13(19)8-17-15(21)10-5-6-12(24-3)11(7-10)18(22)23/h5-7,9H,4,8H2,1-3H3,(H,16,20)(H,17,21)/t9-/m1/s1. The fraction of sp³-hybridized carbons (Fsp3) is 0.400. The van der Waals surface area contributed by atoms with Crippen LogP contribution in [0.3, 0.4) is 0 Å². The number of hydrogen-bond acceptors (Lipinski definition) is 7. The topological polar surface area (TPSA) is 137 Å². The lowest BCUT2D eigenvalue weighted by atomic mass is 10.1. The van der Waals surface area contributed by atoms with E-state index < -0.39 is 35.4 Å². The van der Waals surface area contributed by atoms with Gasteiger partial charge in [-0.2, -0.15) is 0 Å². The Morgan fingerprint density at radius 3 is 2.52 bits per heavy atom. The van der Waals surface area contributed by atoms with Gasteiger partial charge < -0.3 is 20.1 Å². The third kappa shape index (κ3) is 5.75. The van der Waals surface area contributed by atoms with Gasteiger partial charge in [0.25, 0.3) is 11.8 Å². The van der Waals surface area contributed by atoms with E-state index in [0.717, 1.165) is 6.07 Å². The number of nitrogens with one attached hydrogen (secondary N) is 2. The minimum Gasteiger partial charge on any atom is -0.490 e. The normalized spacial score (nSPS) is 11.2. The molecule has 0 spiro atoms. The number of carbonyl (C=O) groups excluding carboxylic acids is 3. The van der Waals surface area contributed by atoms with Crippen LogP contribution in [0.15, 0.2) is 18.2 Å². The smallest absolute Gasteiger partial charge is 0.326 e. The molecule has 1 atom stereocenters. The molecule has 136 valence electrons. The lowest BCUT2D eigenvalue weighted by Gasteiger charge is -2.13. The van der Waals surface area contributed by atoms with Gasteiger partial charge in [0.05, 0.1) is 12.0 Å². The Bertz CT molecular complexity index is 675. The SMILES string of the molecule is CCNC(=O)[C@@H](C)OC(=O)CNC(=O)c1ccc(OC)c([N+](=O)[O-])c1. The Morgan fingerprint density at radius 1 is 1.28 bits per heavy atom. The van der Waals surface area contributed by atoms with E-state index in [1.807, 2.05) is 0 Å². The Balaban J connectivity index is 2.65. The summed E-state index contributed by atoms with van der Waals surface area (Å²) >= 11 is 0. The summed E-state index contributed by atoms with van der Waals surface area (Å²) in [5, 5.41) is 15.7. The predicted octanol–water partition coefficient (Wildman–Crippen LogP) is 0.401. The van der Waals surface area contributed by atoms with Gasteiger partial charge in [0, 0.05) is 18.2 Å². The molecule has 0 unspecified atom stereocenters. The number of esters is 1. The lowest BCUT2D eigenvalue weighted by Crippen LogP contribution is -2.38. The first-order valence-corrected chi connectivity index (χ1v) is 7.38.